The fraction of sp³-hybridized carbons (Fsp3) is 0.533. The average molecular weight is 249 g/mol. The number of benzene rings is 1. The maximum atomic E-state index is 11.0. The summed E-state index contributed by atoms with van der Waals surface area (Å²) < 4.78 is 0. The Morgan fingerprint density at radius 3 is 2.56 bits per heavy atom. The van der Waals surface area contributed by atoms with Crippen LogP contribution in [0.3, 0.4) is 0 Å². The minimum absolute atomic E-state index is 0.277. The third kappa shape index (κ3) is 4.15. The lowest BCUT2D eigenvalue weighted by Crippen LogP contribution is -2.29. The van der Waals surface area contributed by atoms with E-state index in [9.17, 15) is 4.79 Å². The highest BCUT2D eigenvalue weighted by Crippen LogP contribution is 2.14. The van der Waals surface area contributed by atoms with Gasteiger partial charge in [0.2, 0.25) is 0 Å². The van der Waals surface area contributed by atoms with Gasteiger partial charge in [0, 0.05) is 13.1 Å². The number of rotatable bonds is 6. The molecular weight excluding hydrogens is 226 g/mol. The van der Waals surface area contributed by atoms with Gasteiger partial charge in [0.25, 0.3) is 0 Å². The van der Waals surface area contributed by atoms with Gasteiger partial charge in [-0.3, -0.25) is 4.79 Å². The topological polar surface area (TPSA) is 40.5 Å². The van der Waals surface area contributed by atoms with Gasteiger partial charge in [-0.2, -0.15) is 0 Å². The van der Waals surface area contributed by atoms with Gasteiger partial charge in [-0.1, -0.05) is 30.7 Å². The van der Waals surface area contributed by atoms with E-state index in [-0.39, 0.29) is 5.92 Å². The Labute approximate surface area is 109 Å². The number of hydrogen-bond donors (Lipinski definition) is 1. The standard InChI is InChI=1S/C15H23NO2/c1-5-13(15(17)18)9-16(4)10-14-7-6-11(2)8-12(14)3/h6-8,13H,5,9-10H2,1-4H3,(H,17,18). The van der Waals surface area contributed by atoms with Crippen LogP contribution in [-0.2, 0) is 11.3 Å². The van der Waals surface area contributed by atoms with Crippen molar-refractivity contribution in [1.29, 1.82) is 0 Å². The Hall–Kier alpha value is -1.35. The smallest absolute Gasteiger partial charge is 0.307 e. The molecule has 0 fully saturated rings. The van der Waals surface area contributed by atoms with E-state index in [1.54, 1.807) is 0 Å². The quantitative estimate of drug-likeness (QED) is 0.842. The van der Waals surface area contributed by atoms with Crippen molar-refractivity contribution in [2.45, 2.75) is 33.7 Å². The molecule has 1 N–H and O–H groups in total. The van der Waals surface area contributed by atoms with E-state index < -0.39 is 5.97 Å². The first-order valence-corrected chi connectivity index (χ1v) is 6.41. The molecule has 0 aliphatic carbocycles. The Morgan fingerprint density at radius 2 is 2.06 bits per heavy atom. The highest BCUT2D eigenvalue weighted by Gasteiger charge is 2.17. The Kier molecular flexibility index (Phi) is 5.35. The highest BCUT2D eigenvalue weighted by atomic mass is 16.4. The number of carboxylic acid groups (broad SMARTS) is 1. The maximum Gasteiger partial charge on any atom is 0.307 e. The summed E-state index contributed by atoms with van der Waals surface area (Å²) in [6.45, 7) is 7.50. The summed E-state index contributed by atoms with van der Waals surface area (Å²) in [5.41, 5.74) is 3.80. The van der Waals surface area contributed by atoms with Crippen LogP contribution in [0.25, 0.3) is 0 Å². The van der Waals surface area contributed by atoms with Crippen molar-refractivity contribution in [3.63, 3.8) is 0 Å². The number of carboxylic acids is 1. The van der Waals surface area contributed by atoms with Crippen molar-refractivity contribution in [1.82, 2.24) is 4.90 Å². The molecule has 3 heteroatoms. The molecule has 0 saturated carbocycles. The Bertz CT molecular complexity index is 415. The molecule has 0 amide bonds. The zero-order valence-corrected chi connectivity index (χ0v) is 11.7. The molecule has 1 unspecified atom stereocenters. The summed E-state index contributed by atoms with van der Waals surface area (Å²) in [5.74, 6) is -0.981. The second kappa shape index (κ2) is 6.55. The fourth-order valence-electron chi connectivity index (χ4n) is 2.14. The first-order chi connectivity index (χ1) is 8.43. The molecule has 0 saturated heterocycles. The summed E-state index contributed by atoms with van der Waals surface area (Å²) in [6.07, 6.45) is 0.673. The van der Waals surface area contributed by atoms with Crippen LogP contribution in [0.1, 0.15) is 30.0 Å². The molecule has 0 radical (unpaired) electrons. The van der Waals surface area contributed by atoms with E-state index in [4.69, 9.17) is 5.11 Å². The lowest BCUT2D eigenvalue weighted by atomic mass is 10.0. The zero-order valence-electron chi connectivity index (χ0n) is 11.7. The van der Waals surface area contributed by atoms with E-state index in [0.717, 1.165) is 6.54 Å². The Balaban J connectivity index is 2.64. The molecule has 0 heterocycles. The van der Waals surface area contributed by atoms with Crippen LogP contribution in [0.5, 0.6) is 0 Å². The minimum atomic E-state index is -0.704. The second-order valence-electron chi connectivity index (χ2n) is 5.07. The molecule has 0 aliphatic heterocycles. The third-order valence-electron chi connectivity index (χ3n) is 3.31. The molecule has 100 valence electrons. The van der Waals surface area contributed by atoms with Crippen molar-refractivity contribution in [2.24, 2.45) is 5.92 Å². The van der Waals surface area contributed by atoms with Crippen LogP contribution in [0.2, 0.25) is 0 Å². The van der Waals surface area contributed by atoms with Crippen LogP contribution in [0.15, 0.2) is 18.2 Å². The second-order valence-corrected chi connectivity index (χ2v) is 5.07. The molecule has 0 bridgehead atoms. The van der Waals surface area contributed by atoms with Gasteiger partial charge in [-0.05, 0) is 38.4 Å². The first-order valence-electron chi connectivity index (χ1n) is 6.41. The highest BCUT2D eigenvalue weighted by molar-refractivity contribution is 5.70. The summed E-state index contributed by atoms with van der Waals surface area (Å²) in [5, 5.41) is 9.05. The van der Waals surface area contributed by atoms with Crippen molar-refractivity contribution >= 4 is 5.97 Å². The summed E-state index contributed by atoms with van der Waals surface area (Å²) in [7, 11) is 1.98. The number of aryl methyl sites for hydroxylation is 2. The number of carbonyl (C=O) groups is 1. The van der Waals surface area contributed by atoms with Crippen LogP contribution in [0.4, 0.5) is 0 Å². The molecule has 1 rings (SSSR count). The number of nitrogens with zero attached hydrogens (tertiary/aromatic N) is 1. The molecule has 1 atom stereocenters. The summed E-state index contributed by atoms with van der Waals surface area (Å²) in [6, 6.07) is 6.39. The molecular formula is C15H23NO2. The molecule has 1 aromatic rings. The average Bonchev–Trinajstić information content (AvgIpc) is 2.29. The van der Waals surface area contributed by atoms with E-state index in [1.165, 1.54) is 16.7 Å². The molecule has 1 aromatic carbocycles. The first kappa shape index (κ1) is 14.7. The monoisotopic (exact) mass is 249 g/mol. The third-order valence-corrected chi connectivity index (χ3v) is 3.31. The number of hydrogen-bond acceptors (Lipinski definition) is 2. The van der Waals surface area contributed by atoms with E-state index in [0.29, 0.717) is 13.0 Å². The predicted octanol–water partition coefficient (Wildman–Crippen LogP) is 2.85. The maximum absolute atomic E-state index is 11.0. The molecule has 18 heavy (non-hydrogen) atoms. The largest absolute Gasteiger partial charge is 0.481 e. The van der Waals surface area contributed by atoms with Crippen LogP contribution in [-0.4, -0.2) is 29.6 Å². The van der Waals surface area contributed by atoms with Gasteiger partial charge >= 0.3 is 5.97 Å². The molecule has 0 aromatic heterocycles. The van der Waals surface area contributed by atoms with Gasteiger partial charge in [0.05, 0.1) is 5.92 Å². The van der Waals surface area contributed by atoms with Gasteiger partial charge in [-0.15, -0.1) is 0 Å². The molecule has 3 nitrogen and oxygen atoms in total. The van der Waals surface area contributed by atoms with Gasteiger partial charge in [-0.25, -0.2) is 0 Å². The van der Waals surface area contributed by atoms with Gasteiger partial charge < -0.3 is 10.0 Å². The number of aliphatic carboxylic acids is 1. The van der Waals surface area contributed by atoms with E-state index in [1.807, 2.05) is 14.0 Å². The van der Waals surface area contributed by atoms with Crippen molar-refractivity contribution in [3.05, 3.63) is 34.9 Å². The molecule has 0 aliphatic rings. The van der Waals surface area contributed by atoms with Crippen LogP contribution in [0, 0.1) is 19.8 Å². The van der Waals surface area contributed by atoms with E-state index in [2.05, 4.69) is 36.9 Å². The van der Waals surface area contributed by atoms with Crippen molar-refractivity contribution in [2.75, 3.05) is 13.6 Å². The Morgan fingerprint density at radius 1 is 1.39 bits per heavy atom. The summed E-state index contributed by atoms with van der Waals surface area (Å²) in [4.78, 5) is 13.1. The molecule has 0 spiro atoms. The zero-order chi connectivity index (χ0) is 13.7. The van der Waals surface area contributed by atoms with Crippen LogP contribution >= 0.6 is 0 Å². The normalized spacial score (nSPS) is 12.7. The predicted molar refractivity (Wildman–Crippen MR) is 73.7 cm³/mol. The van der Waals surface area contributed by atoms with E-state index >= 15 is 0 Å². The van der Waals surface area contributed by atoms with Gasteiger partial charge in [0.1, 0.15) is 0 Å². The minimum Gasteiger partial charge on any atom is -0.481 e. The van der Waals surface area contributed by atoms with Crippen molar-refractivity contribution < 1.29 is 9.90 Å². The van der Waals surface area contributed by atoms with Gasteiger partial charge in [0.15, 0.2) is 0 Å². The summed E-state index contributed by atoms with van der Waals surface area (Å²) >= 11 is 0. The fourth-order valence-corrected chi connectivity index (χ4v) is 2.14. The lowest BCUT2D eigenvalue weighted by Gasteiger charge is -2.21. The van der Waals surface area contributed by atoms with Crippen molar-refractivity contribution in [3.8, 4) is 0 Å². The van der Waals surface area contributed by atoms with Crippen LogP contribution < -0.4 is 0 Å². The lowest BCUT2D eigenvalue weighted by molar-refractivity contribution is -0.142. The SMILES string of the molecule is CCC(CN(C)Cc1ccc(C)cc1C)C(=O)O.